The van der Waals surface area contributed by atoms with Gasteiger partial charge in [0.15, 0.2) is 5.16 Å². The van der Waals surface area contributed by atoms with Gasteiger partial charge in [-0.2, -0.15) is 0 Å². The first-order valence-electron chi connectivity index (χ1n) is 10.9. The molecule has 1 N–H and O–H groups in total. The fraction of sp³-hybridized carbons (Fsp3) is 0.591. The van der Waals surface area contributed by atoms with Gasteiger partial charge in [0.25, 0.3) is 0 Å². The Labute approximate surface area is 183 Å². The van der Waals surface area contributed by atoms with Gasteiger partial charge >= 0.3 is 0 Å². The first-order valence-corrected chi connectivity index (χ1v) is 11.7. The summed E-state index contributed by atoms with van der Waals surface area (Å²) < 4.78 is 2.27. The molecule has 8 heteroatoms. The molecule has 1 aromatic heterocycles. The monoisotopic (exact) mass is 428 g/mol. The van der Waals surface area contributed by atoms with Crippen molar-refractivity contribution in [2.45, 2.75) is 56.0 Å². The highest BCUT2D eigenvalue weighted by Gasteiger charge is 2.33. The van der Waals surface area contributed by atoms with Gasteiger partial charge in [0.1, 0.15) is 0 Å². The molecule has 1 amide bonds. The largest absolute Gasteiger partial charge is 0.378 e. The number of hydrogen-bond acceptors (Lipinski definition) is 6. The summed E-state index contributed by atoms with van der Waals surface area (Å²) >= 11 is 1.50. The van der Waals surface area contributed by atoms with Crippen LogP contribution in [0.4, 0.5) is 17.3 Å². The van der Waals surface area contributed by atoms with E-state index in [0.717, 1.165) is 41.5 Å². The van der Waals surface area contributed by atoms with Crippen molar-refractivity contribution < 1.29 is 4.79 Å². The van der Waals surface area contributed by atoms with Crippen LogP contribution < -0.4 is 15.1 Å². The Morgan fingerprint density at radius 3 is 2.40 bits per heavy atom. The normalized spacial score (nSPS) is 18.3. The predicted molar refractivity (Wildman–Crippen MR) is 124 cm³/mol. The third-order valence-corrected chi connectivity index (χ3v) is 6.98. The second kappa shape index (κ2) is 8.88. The lowest BCUT2D eigenvalue weighted by atomic mass is 10.00. The summed E-state index contributed by atoms with van der Waals surface area (Å²) in [4.78, 5) is 17.2. The molecule has 2 fully saturated rings. The van der Waals surface area contributed by atoms with E-state index in [1.54, 1.807) is 0 Å². The average molecular weight is 429 g/mol. The zero-order valence-electron chi connectivity index (χ0n) is 18.3. The lowest BCUT2D eigenvalue weighted by Crippen LogP contribution is -2.34. The Morgan fingerprint density at radius 1 is 1.13 bits per heavy atom. The number of amides is 1. The van der Waals surface area contributed by atoms with E-state index in [1.165, 1.54) is 37.4 Å². The first-order chi connectivity index (χ1) is 14.4. The van der Waals surface area contributed by atoms with Crippen molar-refractivity contribution in [1.29, 1.82) is 0 Å². The van der Waals surface area contributed by atoms with Crippen LogP contribution in [0.1, 0.15) is 45.6 Å². The maximum Gasteiger partial charge on any atom is 0.237 e. The van der Waals surface area contributed by atoms with E-state index in [4.69, 9.17) is 0 Å². The second-order valence-corrected chi connectivity index (χ2v) is 10.1. The number of benzene rings is 1. The van der Waals surface area contributed by atoms with Gasteiger partial charge in [0.05, 0.1) is 5.25 Å². The molecule has 2 aliphatic rings. The number of carbonyl (C=O) groups excluding carboxylic acids is 1. The molecule has 4 rings (SSSR count). The average Bonchev–Trinajstić information content (AvgIpc) is 3.49. The van der Waals surface area contributed by atoms with Gasteiger partial charge < -0.3 is 15.1 Å². The molecule has 0 bridgehead atoms. The summed E-state index contributed by atoms with van der Waals surface area (Å²) in [7, 11) is 4.00. The second-order valence-electron chi connectivity index (χ2n) is 8.74. The number of anilines is 3. The lowest BCUT2D eigenvalue weighted by molar-refractivity contribution is -0.115. The number of nitrogens with zero attached hydrogens (tertiary/aromatic N) is 5. The molecule has 30 heavy (non-hydrogen) atoms. The van der Waals surface area contributed by atoms with Gasteiger partial charge in [-0.25, -0.2) is 0 Å². The maximum atomic E-state index is 12.8. The van der Waals surface area contributed by atoms with E-state index in [-0.39, 0.29) is 11.2 Å². The Kier molecular flexibility index (Phi) is 6.22. The molecule has 2 heterocycles. The number of hydrogen-bond donors (Lipinski definition) is 1. The van der Waals surface area contributed by atoms with Gasteiger partial charge in [-0.3, -0.25) is 9.36 Å². The smallest absolute Gasteiger partial charge is 0.237 e. The fourth-order valence-electron chi connectivity index (χ4n) is 3.72. The van der Waals surface area contributed by atoms with Crippen molar-refractivity contribution in [1.82, 2.24) is 14.8 Å². The summed E-state index contributed by atoms with van der Waals surface area (Å²) in [6.45, 7) is 6.33. The number of thioether (sulfide) groups is 1. The van der Waals surface area contributed by atoms with Crippen molar-refractivity contribution in [2.24, 2.45) is 5.92 Å². The third kappa shape index (κ3) is 4.74. The quantitative estimate of drug-likeness (QED) is 0.672. The lowest BCUT2D eigenvalue weighted by Gasteiger charge is -2.31. The van der Waals surface area contributed by atoms with Crippen molar-refractivity contribution in [3.05, 3.63) is 24.3 Å². The van der Waals surface area contributed by atoms with Crippen LogP contribution in [-0.4, -0.2) is 53.1 Å². The van der Waals surface area contributed by atoms with Crippen molar-refractivity contribution >= 4 is 35.0 Å². The standard InChI is InChI=1S/C22H32N6OS/c1-15-11-13-27(14-12-15)21-24-25-22(28(21)19-9-10-19)30-16(2)20(29)23-17-5-7-18(8-6-17)26(3)4/h5-8,15-16,19H,9-14H2,1-4H3,(H,23,29). The van der Waals surface area contributed by atoms with Gasteiger partial charge in [-0.1, -0.05) is 18.7 Å². The van der Waals surface area contributed by atoms with E-state index in [9.17, 15) is 4.79 Å². The summed E-state index contributed by atoms with van der Waals surface area (Å²) in [6.07, 6.45) is 4.74. The van der Waals surface area contributed by atoms with Gasteiger partial charge in [0.2, 0.25) is 11.9 Å². The van der Waals surface area contributed by atoms with E-state index >= 15 is 0 Å². The number of rotatable bonds is 7. The highest BCUT2D eigenvalue weighted by Crippen LogP contribution is 2.42. The Morgan fingerprint density at radius 2 is 1.80 bits per heavy atom. The minimum atomic E-state index is -0.255. The summed E-state index contributed by atoms with van der Waals surface area (Å²) in [6, 6.07) is 8.36. The zero-order chi connectivity index (χ0) is 21.3. The predicted octanol–water partition coefficient (Wildman–Crippen LogP) is 4.03. The molecule has 7 nitrogen and oxygen atoms in total. The van der Waals surface area contributed by atoms with Gasteiger partial charge in [-0.15, -0.1) is 10.2 Å². The van der Waals surface area contributed by atoms with E-state index in [0.29, 0.717) is 6.04 Å². The Bertz CT molecular complexity index is 868. The highest BCUT2D eigenvalue weighted by atomic mass is 32.2. The summed E-state index contributed by atoms with van der Waals surface area (Å²) in [5, 5.41) is 12.6. The van der Waals surface area contributed by atoms with Crippen LogP contribution in [0.5, 0.6) is 0 Å². The molecule has 1 saturated carbocycles. The van der Waals surface area contributed by atoms with Crippen LogP contribution in [0.3, 0.4) is 0 Å². The molecule has 2 aromatic rings. The molecule has 162 valence electrons. The molecule has 1 aliphatic heterocycles. The van der Waals surface area contributed by atoms with Crippen LogP contribution in [0.25, 0.3) is 0 Å². The highest BCUT2D eigenvalue weighted by molar-refractivity contribution is 8.00. The van der Waals surface area contributed by atoms with Crippen LogP contribution in [0.2, 0.25) is 0 Å². The van der Waals surface area contributed by atoms with E-state index in [2.05, 4.69) is 31.9 Å². The van der Waals surface area contributed by atoms with Gasteiger partial charge in [0, 0.05) is 44.6 Å². The zero-order valence-corrected chi connectivity index (χ0v) is 19.2. The van der Waals surface area contributed by atoms with Crippen molar-refractivity contribution in [3.63, 3.8) is 0 Å². The molecule has 1 aliphatic carbocycles. The fourth-order valence-corrected chi connectivity index (χ4v) is 4.64. The third-order valence-electron chi connectivity index (χ3n) is 5.93. The SMILES string of the molecule is CC1CCN(c2nnc(SC(C)C(=O)Nc3ccc(N(C)C)cc3)n2C2CC2)CC1. The number of carbonyl (C=O) groups is 1. The molecule has 1 aromatic carbocycles. The van der Waals surface area contributed by atoms with Crippen LogP contribution in [0.15, 0.2) is 29.4 Å². The first kappa shape index (κ1) is 21.0. The van der Waals surface area contributed by atoms with Gasteiger partial charge in [-0.05, 0) is 62.8 Å². The van der Waals surface area contributed by atoms with Crippen LogP contribution in [-0.2, 0) is 4.79 Å². The maximum absolute atomic E-state index is 12.8. The minimum absolute atomic E-state index is 0.0173. The topological polar surface area (TPSA) is 66.3 Å². The minimum Gasteiger partial charge on any atom is -0.378 e. The van der Waals surface area contributed by atoms with E-state index in [1.807, 2.05) is 50.2 Å². The molecule has 1 unspecified atom stereocenters. The summed E-state index contributed by atoms with van der Waals surface area (Å²) in [5.41, 5.74) is 1.91. The van der Waals surface area contributed by atoms with Crippen LogP contribution >= 0.6 is 11.8 Å². The van der Waals surface area contributed by atoms with Crippen molar-refractivity contribution in [2.75, 3.05) is 42.3 Å². The van der Waals surface area contributed by atoms with Crippen molar-refractivity contribution in [3.8, 4) is 0 Å². The molecule has 0 radical (unpaired) electrons. The molecule has 0 spiro atoms. The Balaban J connectivity index is 1.42. The number of nitrogens with one attached hydrogen (secondary N) is 1. The van der Waals surface area contributed by atoms with E-state index < -0.39 is 0 Å². The van der Waals surface area contributed by atoms with Crippen LogP contribution in [0, 0.1) is 5.92 Å². The molecule has 1 atom stereocenters. The molecular weight excluding hydrogens is 396 g/mol. The number of aromatic nitrogens is 3. The molecular formula is C22H32N6OS. The number of piperidine rings is 1. The molecule has 1 saturated heterocycles. The Hall–Kier alpha value is -2.22. The summed E-state index contributed by atoms with van der Waals surface area (Å²) in [5.74, 6) is 1.75.